The molecule has 14 heavy (non-hydrogen) atoms. The topological polar surface area (TPSA) is 28.2 Å². The Labute approximate surface area is 87.3 Å². The van der Waals surface area contributed by atoms with Gasteiger partial charge in [-0.3, -0.25) is 0 Å². The number of nitrogens with zero attached hydrogens (tertiary/aromatic N) is 2. The van der Waals surface area contributed by atoms with Crippen molar-refractivity contribution < 1.29 is 0 Å². The van der Waals surface area contributed by atoms with E-state index in [2.05, 4.69) is 28.6 Å². The molecule has 1 heterocycles. The number of hydrogen-bond donors (Lipinski definition) is 1. The summed E-state index contributed by atoms with van der Waals surface area (Å²) in [6.45, 7) is 2.03. The molecule has 2 rings (SSSR count). The smallest absolute Gasteiger partial charge is 0.0907 e. The Balaban J connectivity index is 2.50. The molecule has 4 heteroatoms. The number of benzene rings is 1. The number of hydrazine groups is 1. The fourth-order valence-corrected chi connectivity index (χ4v) is 2.23. The van der Waals surface area contributed by atoms with Crippen LogP contribution in [0.25, 0.3) is 10.2 Å². The molecule has 74 valence electrons. The third-order valence-electron chi connectivity index (χ3n) is 2.20. The normalized spacial score (nSPS) is 10.8. The van der Waals surface area contributed by atoms with Crippen LogP contribution in [0.5, 0.6) is 0 Å². The molecular weight excluding hydrogens is 194 g/mol. The van der Waals surface area contributed by atoms with Gasteiger partial charge in [0.25, 0.3) is 0 Å². The molecule has 0 atom stereocenters. The first-order chi connectivity index (χ1) is 6.70. The van der Waals surface area contributed by atoms with Gasteiger partial charge in [0, 0.05) is 14.1 Å². The Morgan fingerprint density at radius 3 is 2.93 bits per heavy atom. The summed E-state index contributed by atoms with van der Waals surface area (Å²) < 4.78 is 1.24. The van der Waals surface area contributed by atoms with Crippen LogP contribution in [0.1, 0.15) is 5.01 Å². The van der Waals surface area contributed by atoms with Crippen molar-refractivity contribution in [1.29, 1.82) is 0 Å². The summed E-state index contributed by atoms with van der Waals surface area (Å²) in [7, 11) is 3.90. The molecule has 0 spiro atoms. The fourth-order valence-electron chi connectivity index (χ4n) is 1.37. The van der Waals surface area contributed by atoms with Crippen molar-refractivity contribution in [2.45, 2.75) is 6.92 Å². The van der Waals surface area contributed by atoms with E-state index in [0.29, 0.717) is 0 Å². The molecule has 0 saturated heterocycles. The monoisotopic (exact) mass is 207 g/mol. The molecule has 2 aromatic rings. The molecule has 0 radical (unpaired) electrons. The van der Waals surface area contributed by atoms with Crippen LogP contribution in [0.4, 0.5) is 5.69 Å². The second-order valence-corrected chi connectivity index (χ2v) is 4.40. The second-order valence-electron chi connectivity index (χ2n) is 3.17. The molecule has 0 fully saturated rings. The summed E-state index contributed by atoms with van der Waals surface area (Å²) in [6.07, 6.45) is 0. The average Bonchev–Trinajstić information content (AvgIpc) is 2.55. The van der Waals surface area contributed by atoms with Gasteiger partial charge in [-0.05, 0) is 25.1 Å². The van der Waals surface area contributed by atoms with Gasteiger partial charge in [0.2, 0.25) is 0 Å². The van der Waals surface area contributed by atoms with Crippen LogP contribution < -0.4 is 10.4 Å². The first-order valence-electron chi connectivity index (χ1n) is 4.49. The van der Waals surface area contributed by atoms with E-state index in [4.69, 9.17) is 0 Å². The van der Waals surface area contributed by atoms with E-state index in [-0.39, 0.29) is 0 Å². The van der Waals surface area contributed by atoms with Crippen LogP contribution in [-0.4, -0.2) is 19.1 Å². The Morgan fingerprint density at radius 2 is 2.21 bits per heavy atom. The maximum atomic E-state index is 4.42. The van der Waals surface area contributed by atoms with E-state index in [1.54, 1.807) is 11.3 Å². The van der Waals surface area contributed by atoms with Gasteiger partial charge in [-0.15, -0.1) is 11.3 Å². The van der Waals surface area contributed by atoms with E-state index in [9.17, 15) is 0 Å². The van der Waals surface area contributed by atoms with Crippen molar-refractivity contribution >= 4 is 27.2 Å². The van der Waals surface area contributed by atoms with Crippen LogP contribution in [-0.2, 0) is 0 Å². The lowest BCUT2D eigenvalue weighted by Gasteiger charge is -2.16. The van der Waals surface area contributed by atoms with Gasteiger partial charge >= 0.3 is 0 Å². The predicted octanol–water partition coefficient (Wildman–Crippen LogP) is 2.18. The third-order valence-corrected chi connectivity index (χ3v) is 3.14. The maximum Gasteiger partial charge on any atom is 0.0907 e. The summed E-state index contributed by atoms with van der Waals surface area (Å²) in [5, 5.41) is 3.10. The largest absolute Gasteiger partial charge is 0.312 e. The molecule has 3 nitrogen and oxygen atoms in total. The molecule has 1 aromatic heterocycles. The molecule has 0 unspecified atom stereocenters. The molecule has 1 N–H and O–H groups in total. The van der Waals surface area contributed by atoms with Crippen LogP contribution >= 0.6 is 11.3 Å². The van der Waals surface area contributed by atoms with Crippen LogP contribution in [0, 0.1) is 6.92 Å². The predicted molar refractivity (Wildman–Crippen MR) is 61.8 cm³/mol. The van der Waals surface area contributed by atoms with E-state index < -0.39 is 0 Å². The molecule has 0 aliphatic rings. The van der Waals surface area contributed by atoms with Crippen molar-refractivity contribution in [2.24, 2.45) is 0 Å². The molecule has 0 saturated carbocycles. The average molecular weight is 207 g/mol. The SMILES string of the molecule is CNN(C)c1ccc2nc(C)sc2c1. The number of aromatic nitrogens is 1. The summed E-state index contributed by atoms with van der Waals surface area (Å²) in [4.78, 5) is 4.42. The Kier molecular flexibility index (Phi) is 2.39. The van der Waals surface area contributed by atoms with Gasteiger partial charge in [0.15, 0.2) is 0 Å². The third kappa shape index (κ3) is 1.58. The standard InChI is InChI=1S/C10H13N3S/c1-7-12-9-5-4-8(13(3)11-2)6-10(9)14-7/h4-6,11H,1-3H3. The zero-order valence-corrected chi connectivity index (χ0v) is 9.35. The van der Waals surface area contributed by atoms with Crippen LogP contribution in [0.3, 0.4) is 0 Å². The van der Waals surface area contributed by atoms with Crippen molar-refractivity contribution in [3.8, 4) is 0 Å². The lowest BCUT2D eigenvalue weighted by atomic mass is 10.3. The fraction of sp³-hybridized carbons (Fsp3) is 0.300. The van der Waals surface area contributed by atoms with Crippen molar-refractivity contribution in [3.05, 3.63) is 23.2 Å². The first-order valence-corrected chi connectivity index (χ1v) is 5.30. The summed E-state index contributed by atoms with van der Waals surface area (Å²) in [5.74, 6) is 0. The van der Waals surface area contributed by atoms with Gasteiger partial charge in [-0.25, -0.2) is 10.4 Å². The van der Waals surface area contributed by atoms with Crippen molar-refractivity contribution in [3.63, 3.8) is 0 Å². The highest BCUT2D eigenvalue weighted by atomic mass is 32.1. The molecular formula is C10H13N3S. The lowest BCUT2D eigenvalue weighted by Crippen LogP contribution is -2.30. The zero-order chi connectivity index (χ0) is 10.1. The van der Waals surface area contributed by atoms with E-state index in [1.165, 1.54) is 4.70 Å². The number of rotatable bonds is 2. The summed E-state index contributed by atoms with van der Waals surface area (Å²) in [6, 6.07) is 6.27. The Morgan fingerprint density at radius 1 is 1.43 bits per heavy atom. The number of hydrogen-bond acceptors (Lipinski definition) is 4. The van der Waals surface area contributed by atoms with Gasteiger partial charge in [0.05, 0.1) is 20.9 Å². The minimum atomic E-state index is 1.08. The molecule has 0 aliphatic heterocycles. The number of thiazole rings is 1. The number of nitrogens with one attached hydrogen (secondary N) is 1. The van der Waals surface area contributed by atoms with E-state index in [0.717, 1.165) is 16.2 Å². The van der Waals surface area contributed by atoms with Gasteiger partial charge < -0.3 is 5.01 Å². The Bertz CT molecular complexity index is 450. The maximum absolute atomic E-state index is 4.42. The number of aryl methyl sites for hydroxylation is 1. The summed E-state index contributed by atoms with van der Waals surface area (Å²) in [5.41, 5.74) is 5.31. The van der Waals surface area contributed by atoms with Crippen molar-refractivity contribution in [2.75, 3.05) is 19.1 Å². The number of anilines is 1. The molecule has 0 amide bonds. The minimum Gasteiger partial charge on any atom is -0.312 e. The Hall–Kier alpha value is -1.13. The molecule has 1 aromatic carbocycles. The lowest BCUT2D eigenvalue weighted by molar-refractivity contribution is 0.792. The highest BCUT2D eigenvalue weighted by Crippen LogP contribution is 2.25. The second kappa shape index (κ2) is 3.55. The van der Waals surface area contributed by atoms with E-state index in [1.807, 2.05) is 26.0 Å². The minimum absolute atomic E-state index is 1.08. The van der Waals surface area contributed by atoms with Crippen LogP contribution in [0.15, 0.2) is 18.2 Å². The molecule has 0 aliphatic carbocycles. The summed E-state index contributed by atoms with van der Waals surface area (Å²) >= 11 is 1.73. The highest BCUT2D eigenvalue weighted by Gasteiger charge is 2.03. The van der Waals surface area contributed by atoms with Gasteiger partial charge in [-0.2, -0.15) is 0 Å². The number of fused-ring (bicyclic) bond motifs is 1. The first kappa shape index (κ1) is 9.43. The quantitative estimate of drug-likeness (QED) is 0.765. The van der Waals surface area contributed by atoms with E-state index >= 15 is 0 Å². The van der Waals surface area contributed by atoms with Gasteiger partial charge in [-0.1, -0.05) is 0 Å². The van der Waals surface area contributed by atoms with Gasteiger partial charge in [0.1, 0.15) is 0 Å². The van der Waals surface area contributed by atoms with Crippen molar-refractivity contribution in [1.82, 2.24) is 10.4 Å². The zero-order valence-electron chi connectivity index (χ0n) is 8.53. The van der Waals surface area contributed by atoms with Crippen LogP contribution in [0.2, 0.25) is 0 Å². The molecule has 0 bridgehead atoms. The highest BCUT2D eigenvalue weighted by molar-refractivity contribution is 7.18.